The highest BCUT2D eigenvalue weighted by atomic mass is 36.0. The van der Waals surface area contributed by atoms with Crippen molar-refractivity contribution >= 4 is 54.0 Å². The van der Waals surface area contributed by atoms with Gasteiger partial charge in [0.15, 0.2) is 0 Å². The lowest BCUT2D eigenvalue weighted by atomic mass is 9.80. The molecule has 0 radical (unpaired) electrons. The molecule has 4 fully saturated rings. The Balaban J connectivity index is 0.000000245. The third-order valence-electron chi connectivity index (χ3n) is 10.6. The van der Waals surface area contributed by atoms with Crippen molar-refractivity contribution in [3.63, 3.8) is 0 Å². The summed E-state index contributed by atoms with van der Waals surface area (Å²) in [6.45, 7) is -0.144. The minimum atomic E-state index is -2.56. The molecule has 2 aromatic carbocycles. The summed E-state index contributed by atoms with van der Waals surface area (Å²) in [6.07, 6.45) is 3.99. The molecule has 2 aliphatic carbocycles. The molecular weight excluding hydrogens is 751 g/mol. The molecule has 4 aliphatic rings. The maximum absolute atomic E-state index is 13.4. The first-order valence-electron chi connectivity index (χ1n) is 17.2. The number of rotatable bonds is 8. The van der Waals surface area contributed by atoms with Crippen molar-refractivity contribution < 1.29 is 36.5 Å². The minimum absolute atomic E-state index is 0. The summed E-state index contributed by atoms with van der Waals surface area (Å²) in [7, 11) is 7.36. The summed E-state index contributed by atoms with van der Waals surface area (Å²) >= 11 is 6.18. The second-order valence-electron chi connectivity index (χ2n) is 13.6. The number of hydrogen-bond acceptors (Lipinski definition) is 4. The Kier molecular flexibility index (Phi) is 17.0. The van der Waals surface area contributed by atoms with E-state index in [2.05, 4.69) is 21.4 Å². The smallest absolute Gasteiger partial charge is 0.248 e. The number of hydrogen-bond donors (Lipinski definition) is 1. The van der Waals surface area contributed by atoms with E-state index >= 15 is 0 Å². The monoisotopic (exact) mass is 798 g/mol. The summed E-state index contributed by atoms with van der Waals surface area (Å²) in [5, 5.41) is 9.84. The van der Waals surface area contributed by atoms with E-state index in [0.29, 0.717) is 50.8 Å². The van der Waals surface area contributed by atoms with Crippen LogP contribution in [0, 0.1) is 11.8 Å². The maximum Gasteiger partial charge on any atom is 0.248 e. The van der Waals surface area contributed by atoms with Crippen LogP contribution in [0.3, 0.4) is 0 Å². The van der Waals surface area contributed by atoms with E-state index in [1.54, 1.807) is 4.90 Å². The van der Waals surface area contributed by atoms with Gasteiger partial charge in [0.05, 0.1) is 18.7 Å². The number of nitrogens with zero attached hydrogens (tertiary/aromatic N) is 2. The van der Waals surface area contributed by atoms with Gasteiger partial charge in [0, 0.05) is 77.9 Å². The number of benzene rings is 2. The van der Waals surface area contributed by atoms with E-state index in [-0.39, 0.29) is 87.5 Å². The maximum atomic E-state index is 13.4. The van der Waals surface area contributed by atoms with Crippen molar-refractivity contribution in [3.8, 4) is 0 Å². The number of halogens is 7. The molecule has 14 heteroatoms. The quantitative estimate of drug-likeness (QED) is 0.164. The molecule has 2 aromatic rings. The lowest BCUT2D eigenvalue weighted by molar-refractivity contribution is -0.134. The van der Waals surface area contributed by atoms with E-state index < -0.39 is 21.1 Å². The highest BCUT2D eigenvalue weighted by molar-refractivity contribution is 8.26. The van der Waals surface area contributed by atoms with Gasteiger partial charge in [-0.25, -0.2) is 21.8 Å². The molecule has 2 saturated heterocycles. The van der Waals surface area contributed by atoms with Crippen LogP contribution in [0.1, 0.15) is 108 Å². The molecule has 2 amide bonds. The van der Waals surface area contributed by atoms with Gasteiger partial charge in [0.2, 0.25) is 32.9 Å². The van der Waals surface area contributed by atoms with Crippen LogP contribution >= 0.6 is 33.0 Å². The van der Waals surface area contributed by atoms with Crippen LogP contribution in [0.15, 0.2) is 60.7 Å². The van der Waals surface area contributed by atoms with Crippen molar-refractivity contribution in [1.29, 1.82) is 0 Å². The third-order valence-corrected chi connectivity index (χ3v) is 10.9. The standard InChI is InChI=1S/C18H22ClF2NO.C18H23F2NO2.CH4.Cl2OS/c19-12-16(13-4-2-1-3-5-13)22-15(6-7-17(22)23)14-8-10-18(20,21)11-9-14;19-18(20)10-8-14(9-11-18)15-6-7-17(23)21(15)16(12-22)13-4-2-1-3-5-13;;1-4(2)3/h1-5,14-16H,6-12H2;1-5,14-16,22H,6-12H2;1H4;/t2*15-,16-;;/m00../s1. The molecular formula is C37H49Cl3F4N2O4S. The Morgan fingerprint density at radius 3 is 1.35 bits per heavy atom. The Morgan fingerprint density at radius 2 is 1.02 bits per heavy atom. The summed E-state index contributed by atoms with van der Waals surface area (Å²) in [5.41, 5.74) is 1.92. The molecule has 4 atom stereocenters. The molecule has 51 heavy (non-hydrogen) atoms. The lowest BCUT2D eigenvalue weighted by Gasteiger charge is -2.39. The van der Waals surface area contributed by atoms with Crippen molar-refractivity contribution in [3.05, 3.63) is 71.8 Å². The summed E-state index contributed by atoms with van der Waals surface area (Å²) in [4.78, 5) is 28.5. The zero-order valence-corrected chi connectivity index (χ0v) is 30.8. The van der Waals surface area contributed by atoms with Crippen molar-refractivity contribution in [2.75, 3.05) is 12.5 Å². The van der Waals surface area contributed by atoms with E-state index in [9.17, 15) is 32.3 Å². The summed E-state index contributed by atoms with van der Waals surface area (Å²) in [5.74, 6) is -4.36. The first-order valence-corrected chi connectivity index (χ1v) is 20.5. The van der Waals surface area contributed by atoms with Crippen LogP contribution < -0.4 is 0 Å². The van der Waals surface area contributed by atoms with Crippen LogP contribution in [-0.4, -0.2) is 67.3 Å². The molecule has 0 unspecified atom stereocenters. The Hall–Kier alpha value is -1.92. The average Bonchev–Trinajstić information content (AvgIpc) is 3.65. The van der Waals surface area contributed by atoms with Gasteiger partial charge in [-0.3, -0.25) is 9.59 Å². The SMILES string of the molecule is C.O=C1CC[C@@H](C2CCC(F)(F)CC2)N1[C@@H](CCl)c1ccccc1.O=C1CC[C@@H](C2CCC(F)(F)CC2)N1[C@@H](CO)c1ccccc1.O=S(Cl)Cl. The van der Waals surface area contributed by atoms with Crippen molar-refractivity contribution in [2.45, 2.75) is 120 Å². The number of aliphatic hydroxyl groups excluding tert-OH is 1. The molecule has 6 nitrogen and oxygen atoms in total. The molecule has 0 bridgehead atoms. The zero-order chi connectivity index (χ0) is 36.5. The van der Waals surface area contributed by atoms with Crippen LogP contribution in [-0.2, 0) is 18.8 Å². The summed E-state index contributed by atoms with van der Waals surface area (Å²) in [6, 6.07) is 18.7. The van der Waals surface area contributed by atoms with E-state index in [4.69, 9.17) is 15.8 Å². The molecule has 0 aromatic heterocycles. The number of carbonyl (C=O) groups is 2. The molecule has 2 heterocycles. The Labute approximate surface area is 315 Å². The fraction of sp³-hybridized carbons (Fsp3) is 0.622. The van der Waals surface area contributed by atoms with E-state index in [1.807, 2.05) is 65.6 Å². The zero-order valence-electron chi connectivity index (χ0n) is 27.8. The second-order valence-corrected chi connectivity index (χ2v) is 16.4. The van der Waals surface area contributed by atoms with E-state index in [0.717, 1.165) is 17.5 Å². The van der Waals surface area contributed by atoms with Crippen molar-refractivity contribution in [2.24, 2.45) is 11.8 Å². The number of aliphatic hydroxyl groups is 1. The summed E-state index contributed by atoms with van der Waals surface area (Å²) < 4.78 is 62.8. The predicted molar refractivity (Wildman–Crippen MR) is 196 cm³/mol. The number of carbonyl (C=O) groups excluding carboxylic acids is 2. The van der Waals surface area contributed by atoms with E-state index in [1.165, 1.54) is 0 Å². The fourth-order valence-corrected chi connectivity index (χ4v) is 8.43. The first-order chi connectivity index (χ1) is 23.8. The van der Waals surface area contributed by atoms with Crippen LogP contribution in [0.2, 0.25) is 0 Å². The first kappa shape index (κ1) is 43.5. The normalized spacial score (nSPS) is 24.6. The van der Waals surface area contributed by atoms with Gasteiger partial charge in [0.25, 0.3) is 0 Å². The van der Waals surface area contributed by atoms with Crippen LogP contribution in [0.25, 0.3) is 0 Å². The van der Waals surface area contributed by atoms with Gasteiger partial charge in [0.1, 0.15) is 0 Å². The highest BCUT2D eigenvalue weighted by Gasteiger charge is 2.46. The van der Waals surface area contributed by atoms with Crippen LogP contribution in [0.5, 0.6) is 0 Å². The van der Waals surface area contributed by atoms with Gasteiger partial charge < -0.3 is 14.9 Å². The van der Waals surface area contributed by atoms with Gasteiger partial charge in [-0.05, 0) is 61.5 Å². The number of amides is 2. The molecule has 2 saturated carbocycles. The molecule has 1 N–H and O–H groups in total. The van der Waals surface area contributed by atoms with Gasteiger partial charge in [-0.1, -0.05) is 68.1 Å². The Bertz CT molecular complexity index is 1290. The topological polar surface area (TPSA) is 77.9 Å². The predicted octanol–water partition coefficient (Wildman–Crippen LogP) is 10.00. The van der Waals surface area contributed by atoms with Gasteiger partial charge in [-0.15, -0.1) is 11.6 Å². The largest absolute Gasteiger partial charge is 0.394 e. The highest BCUT2D eigenvalue weighted by Crippen LogP contribution is 2.45. The Morgan fingerprint density at radius 1 is 0.686 bits per heavy atom. The van der Waals surface area contributed by atoms with Gasteiger partial charge in [-0.2, -0.15) is 0 Å². The van der Waals surface area contributed by atoms with Gasteiger partial charge >= 0.3 is 0 Å². The van der Waals surface area contributed by atoms with Crippen LogP contribution in [0.4, 0.5) is 17.6 Å². The lowest BCUT2D eigenvalue weighted by Crippen LogP contribution is -2.44. The molecule has 6 rings (SSSR count). The number of likely N-dealkylation sites (tertiary alicyclic amines) is 2. The molecule has 286 valence electrons. The molecule has 2 aliphatic heterocycles. The fourth-order valence-electron chi connectivity index (χ4n) is 8.11. The second kappa shape index (κ2) is 20.0. The molecule has 0 spiro atoms. The minimum Gasteiger partial charge on any atom is -0.394 e. The average molecular weight is 800 g/mol. The van der Waals surface area contributed by atoms with Crippen molar-refractivity contribution in [1.82, 2.24) is 9.80 Å². The third kappa shape index (κ3) is 12.0. The number of alkyl halides is 5.